The van der Waals surface area contributed by atoms with E-state index in [4.69, 9.17) is 10.5 Å². The Balaban J connectivity index is 2.36. The van der Waals surface area contributed by atoms with Gasteiger partial charge in [0.1, 0.15) is 6.10 Å². The van der Waals surface area contributed by atoms with Crippen LogP contribution in [0.2, 0.25) is 0 Å². The van der Waals surface area contributed by atoms with Gasteiger partial charge in [-0.05, 0) is 31.0 Å². The van der Waals surface area contributed by atoms with Gasteiger partial charge in [0.15, 0.2) is 0 Å². The number of rotatable bonds is 2. The van der Waals surface area contributed by atoms with Crippen molar-refractivity contribution in [3.63, 3.8) is 0 Å². The van der Waals surface area contributed by atoms with Gasteiger partial charge in [0.25, 0.3) is 5.91 Å². The largest absolute Gasteiger partial charge is 0.398 e. The number of nitrogens with zero attached hydrogens (tertiary/aromatic N) is 1. The summed E-state index contributed by atoms with van der Waals surface area (Å²) in [5.74, 6) is 0.0267. The van der Waals surface area contributed by atoms with Crippen LogP contribution in [-0.2, 0) is 9.53 Å². The zero-order valence-electron chi connectivity index (χ0n) is 10.5. The van der Waals surface area contributed by atoms with Crippen LogP contribution in [0, 0.1) is 13.8 Å². The van der Waals surface area contributed by atoms with Gasteiger partial charge in [-0.3, -0.25) is 4.79 Å². The Kier molecular flexibility index (Phi) is 3.07. The van der Waals surface area contributed by atoms with E-state index in [9.17, 15) is 4.79 Å². The first-order valence-electron chi connectivity index (χ1n) is 5.75. The number of hydrogen-bond acceptors (Lipinski definition) is 3. The highest BCUT2D eigenvalue weighted by molar-refractivity contribution is 5.99. The molecule has 2 N–H and O–H groups in total. The molecule has 0 saturated carbocycles. The molecule has 0 aliphatic carbocycles. The summed E-state index contributed by atoms with van der Waals surface area (Å²) < 4.78 is 5.15. The summed E-state index contributed by atoms with van der Waals surface area (Å²) in [7, 11) is 1.57. The normalized spacial score (nSPS) is 20.1. The predicted octanol–water partition coefficient (Wildman–Crippen LogP) is 1.64. The van der Waals surface area contributed by atoms with Crippen LogP contribution in [0.15, 0.2) is 12.1 Å². The molecule has 2 rings (SSSR count). The second-order valence-corrected chi connectivity index (χ2v) is 4.50. The van der Waals surface area contributed by atoms with Crippen LogP contribution in [0.5, 0.6) is 0 Å². The number of carbonyl (C=O) groups excluding carboxylic acids is 1. The molecule has 1 aromatic rings. The number of aryl methyl sites for hydroxylation is 2. The lowest BCUT2D eigenvalue weighted by Gasteiger charge is -2.20. The zero-order chi connectivity index (χ0) is 12.6. The molecule has 1 saturated heterocycles. The Labute approximate surface area is 101 Å². The number of benzene rings is 1. The van der Waals surface area contributed by atoms with Crippen LogP contribution in [0.25, 0.3) is 0 Å². The van der Waals surface area contributed by atoms with Crippen LogP contribution < -0.4 is 10.6 Å². The van der Waals surface area contributed by atoms with Gasteiger partial charge < -0.3 is 15.4 Å². The van der Waals surface area contributed by atoms with Gasteiger partial charge in [0.2, 0.25) is 0 Å². The van der Waals surface area contributed by atoms with Crippen LogP contribution in [0.1, 0.15) is 17.5 Å². The van der Waals surface area contributed by atoms with Crippen molar-refractivity contribution in [2.24, 2.45) is 0 Å². The van der Waals surface area contributed by atoms with E-state index in [2.05, 4.69) is 0 Å². The molecule has 1 aliphatic heterocycles. The summed E-state index contributed by atoms with van der Waals surface area (Å²) in [5, 5.41) is 0. The third-order valence-corrected chi connectivity index (χ3v) is 3.32. The first-order chi connectivity index (χ1) is 8.04. The monoisotopic (exact) mass is 234 g/mol. The highest BCUT2D eigenvalue weighted by Gasteiger charge is 2.33. The Bertz CT molecular complexity index is 457. The lowest BCUT2D eigenvalue weighted by molar-refractivity contribution is -0.125. The van der Waals surface area contributed by atoms with Crippen molar-refractivity contribution in [3.8, 4) is 0 Å². The van der Waals surface area contributed by atoms with Gasteiger partial charge in [-0.2, -0.15) is 0 Å². The summed E-state index contributed by atoms with van der Waals surface area (Å²) in [6.45, 7) is 4.66. The molecular formula is C13H18N2O2. The van der Waals surface area contributed by atoms with E-state index in [1.165, 1.54) is 0 Å². The predicted molar refractivity (Wildman–Crippen MR) is 68.1 cm³/mol. The summed E-state index contributed by atoms with van der Waals surface area (Å²) in [6, 6.07) is 3.89. The van der Waals surface area contributed by atoms with Crippen LogP contribution in [0.3, 0.4) is 0 Å². The average molecular weight is 234 g/mol. The molecular weight excluding hydrogens is 216 g/mol. The third kappa shape index (κ3) is 2.00. The van der Waals surface area contributed by atoms with Gasteiger partial charge in [-0.15, -0.1) is 0 Å². The summed E-state index contributed by atoms with van der Waals surface area (Å²) >= 11 is 0. The maximum Gasteiger partial charge on any atom is 0.256 e. The lowest BCUT2D eigenvalue weighted by Crippen LogP contribution is -2.30. The fourth-order valence-electron chi connectivity index (χ4n) is 2.26. The molecule has 0 aromatic heterocycles. The van der Waals surface area contributed by atoms with Crippen molar-refractivity contribution in [2.45, 2.75) is 26.4 Å². The quantitative estimate of drug-likeness (QED) is 0.791. The summed E-state index contributed by atoms with van der Waals surface area (Å²) in [5.41, 5.74) is 9.64. The smallest absolute Gasteiger partial charge is 0.256 e. The molecule has 0 bridgehead atoms. The molecule has 1 unspecified atom stereocenters. The van der Waals surface area contributed by atoms with Gasteiger partial charge in [-0.25, -0.2) is 0 Å². The Hall–Kier alpha value is -1.55. The minimum Gasteiger partial charge on any atom is -0.398 e. The number of nitrogen functional groups attached to an aromatic ring is 1. The molecule has 0 radical (unpaired) electrons. The first kappa shape index (κ1) is 11.9. The van der Waals surface area contributed by atoms with Crippen molar-refractivity contribution in [2.75, 3.05) is 24.3 Å². The van der Waals surface area contributed by atoms with Gasteiger partial charge in [0, 0.05) is 31.5 Å². The second kappa shape index (κ2) is 4.37. The summed E-state index contributed by atoms with van der Waals surface area (Å²) in [6.07, 6.45) is 0.430. The van der Waals surface area contributed by atoms with E-state index >= 15 is 0 Å². The van der Waals surface area contributed by atoms with Crippen molar-refractivity contribution in [3.05, 3.63) is 23.3 Å². The highest BCUT2D eigenvalue weighted by atomic mass is 16.5. The number of hydrogen-bond donors (Lipinski definition) is 1. The molecule has 17 heavy (non-hydrogen) atoms. The molecule has 4 heteroatoms. The molecule has 1 heterocycles. The second-order valence-electron chi connectivity index (χ2n) is 4.50. The van der Waals surface area contributed by atoms with Gasteiger partial charge >= 0.3 is 0 Å². The van der Waals surface area contributed by atoms with Crippen molar-refractivity contribution < 1.29 is 9.53 Å². The van der Waals surface area contributed by atoms with E-state index in [0.717, 1.165) is 28.9 Å². The van der Waals surface area contributed by atoms with Gasteiger partial charge in [0.05, 0.1) is 0 Å². The van der Waals surface area contributed by atoms with E-state index in [1.54, 1.807) is 12.0 Å². The van der Waals surface area contributed by atoms with E-state index in [0.29, 0.717) is 6.54 Å². The third-order valence-electron chi connectivity index (χ3n) is 3.32. The number of amides is 1. The first-order valence-corrected chi connectivity index (χ1v) is 5.75. The number of methoxy groups -OCH3 is 1. The highest BCUT2D eigenvalue weighted by Crippen LogP contribution is 2.29. The van der Waals surface area contributed by atoms with E-state index < -0.39 is 0 Å². The summed E-state index contributed by atoms with van der Waals surface area (Å²) in [4.78, 5) is 13.8. The average Bonchev–Trinajstić information content (AvgIpc) is 2.65. The Morgan fingerprint density at radius 2 is 2.06 bits per heavy atom. The Morgan fingerprint density at radius 3 is 2.65 bits per heavy atom. The lowest BCUT2D eigenvalue weighted by atomic mass is 10.1. The molecule has 1 aromatic carbocycles. The maximum atomic E-state index is 12.0. The fraction of sp³-hybridized carbons (Fsp3) is 0.462. The zero-order valence-corrected chi connectivity index (χ0v) is 10.5. The van der Waals surface area contributed by atoms with E-state index in [-0.39, 0.29) is 12.0 Å². The SMILES string of the molecule is COC1CCN(c2cc(N)c(C)cc2C)C1=O. The van der Waals surface area contributed by atoms with Crippen LogP contribution in [0.4, 0.5) is 11.4 Å². The van der Waals surface area contributed by atoms with Crippen molar-refractivity contribution in [1.29, 1.82) is 0 Å². The molecule has 4 nitrogen and oxygen atoms in total. The fourth-order valence-corrected chi connectivity index (χ4v) is 2.26. The van der Waals surface area contributed by atoms with Gasteiger partial charge in [-0.1, -0.05) is 6.07 Å². The number of ether oxygens (including phenoxy) is 1. The van der Waals surface area contributed by atoms with E-state index in [1.807, 2.05) is 26.0 Å². The molecule has 1 atom stereocenters. The van der Waals surface area contributed by atoms with Crippen LogP contribution in [-0.4, -0.2) is 25.7 Å². The topological polar surface area (TPSA) is 55.6 Å². The molecule has 1 amide bonds. The standard InChI is InChI=1S/C13H18N2O2/c1-8-6-9(2)11(7-10(8)14)15-5-4-12(17-3)13(15)16/h6-7,12H,4-5,14H2,1-3H3. The molecule has 92 valence electrons. The molecule has 1 aliphatic rings. The Morgan fingerprint density at radius 1 is 1.35 bits per heavy atom. The molecule has 0 spiro atoms. The number of nitrogens with two attached hydrogens (primary N) is 1. The molecule has 1 fully saturated rings. The van der Waals surface area contributed by atoms with Crippen LogP contribution >= 0.6 is 0 Å². The maximum absolute atomic E-state index is 12.0. The minimum atomic E-state index is -0.308. The number of anilines is 2. The van der Waals surface area contributed by atoms with Crippen molar-refractivity contribution in [1.82, 2.24) is 0 Å². The number of carbonyl (C=O) groups is 1. The van der Waals surface area contributed by atoms with Crippen molar-refractivity contribution >= 4 is 17.3 Å². The minimum absolute atomic E-state index is 0.0267.